The van der Waals surface area contributed by atoms with Gasteiger partial charge in [0.05, 0.1) is 35.8 Å². The number of benzene rings is 2. The molecule has 0 bridgehead atoms. The van der Waals surface area contributed by atoms with Gasteiger partial charge < -0.3 is 19.4 Å². The first-order valence-corrected chi connectivity index (χ1v) is 8.83. The lowest BCUT2D eigenvalue weighted by molar-refractivity contribution is 0.395. The lowest BCUT2D eigenvalue weighted by atomic mass is 10.3. The third-order valence-electron chi connectivity index (χ3n) is 3.66. The Bertz CT molecular complexity index is 1200. The predicted molar refractivity (Wildman–Crippen MR) is 95.5 cm³/mol. The molecular weight excluding hydrogens is 362 g/mol. The molecule has 0 saturated heterocycles. The molecule has 1 aromatic heterocycles. The Kier molecular flexibility index (Phi) is 4.43. The molecule has 0 unspecified atom stereocenters. The van der Waals surface area contributed by atoms with Crippen molar-refractivity contribution in [2.75, 3.05) is 18.9 Å². The number of nitrogens with one attached hydrogen (secondary N) is 3. The van der Waals surface area contributed by atoms with E-state index in [0.717, 1.165) is 0 Å². The van der Waals surface area contributed by atoms with Crippen LogP contribution in [0.4, 0.5) is 5.69 Å². The predicted octanol–water partition coefficient (Wildman–Crippen LogP) is 1.03. The first-order chi connectivity index (χ1) is 12.3. The molecule has 0 spiro atoms. The minimum atomic E-state index is -3.96. The van der Waals surface area contributed by atoms with Crippen LogP contribution in [0, 0.1) is 0 Å². The minimum Gasteiger partial charge on any atom is -0.497 e. The Morgan fingerprint density at radius 3 is 2.23 bits per heavy atom. The van der Waals surface area contributed by atoms with E-state index in [9.17, 15) is 18.0 Å². The van der Waals surface area contributed by atoms with Crippen molar-refractivity contribution < 1.29 is 17.9 Å². The summed E-state index contributed by atoms with van der Waals surface area (Å²) in [6.07, 6.45) is 0. The van der Waals surface area contributed by atoms with Crippen molar-refractivity contribution >= 4 is 26.7 Å². The number of hydrogen-bond donors (Lipinski definition) is 3. The second kappa shape index (κ2) is 6.56. The first kappa shape index (κ1) is 17.5. The van der Waals surface area contributed by atoms with E-state index in [-0.39, 0.29) is 21.8 Å². The number of fused-ring (bicyclic) bond motifs is 1. The van der Waals surface area contributed by atoms with Gasteiger partial charge in [0.15, 0.2) is 0 Å². The van der Waals surface area contributed by atoms with Crippen molar-refractivity contribution in [2.45, 2.75) is 4.90 Å². The van der Waals surface area contributed by atoms with E-state index in [1.807, 2.05) is 0 Å². The number of ether oxygens (including phenoxy) is 2. The molecule has 3 aromatic rings. The van der Waals surface area contributed by atoms with Crippen LogP contribution in [0.5, 0.6) is 11.5 Å². The summed E-state index contributed by atoms with van der Waals surface area (Å²) >= 11 is 0. The van der Waals surface area contributed by atoms with Gasteiger partial charge in [0.1, 0.15) is 11.5 Å². The Hall–Kier alpha value is -3.27. The van der Waals surface area contributed by atoms with Crippen molar-refractivity contribution in [3.8, 4) is 11.5 Å². The van der Waals surface area contributed by atoms with Gasteiger partial charge in [-0.05, 0) is 30.3 Å². The zero-order chi connectivity index (χ0) is 18.9. The third kappa shape index (κ3) is 3.26. The van der Waals surface area contributed by atoms with Crippen LogP contribution in [0.2, 0.25) is 0 Å². The summed E-state index contributed by atoms with van der Waals surface area (Å²) in [5.74, 6) is 0.795. The van der Waals surface area contributed by atoms with E-state index < -0.39 is 21.1 Å². The molecule has 3 N–H and O–H groups in total. The summed E-state index contributed by atoms with van der Waals surface area (Å²) < 4.78 is 38.0. The maximum atomic E-state index is 12.7. The zero-order valence-corrected chi connectivity index (χ0v) is 14.6. The first-order valence-electron chi connectivity index (χ1n) is 7.35. The Labute approximate surface area is 147 Å². The molecule has 1 heterocycles. The third-order valence-corrected chi connectivity index (χ3v) is 5.02. The number of sulfonamides is 1. The van der Waals surface area contributed by atoms with Gasteiger partial charge in [0.25, 0.3) is 10.0 Å². The maximum absolute atomic E-state index is 12.7. The van der Waals surface area contributed by atoms with Crippen molar-refractivity contribution in [1.82, 2.24) is 9.97 Å². The van der Waals surface area contributed by atoms with Gasteiger partial charge in [0, 0.05) is 6.07 Å². The van der Waals surface area contributed by atoms with Gasteiger partial charge >= 0.3 is 11.1 Å². The molecule has 0 amide bonds. The van der Waals surface area contributed by atoms with Crippen molar-refractivity contribution in [2.24, 2.45) is 0 Å². The van der Waals surface area contributed by atoms with E-state index in [1.54, 1.807) is 12.1 Å². The fraction of sp³-hybridized carbons (Fsp3) is 0.125. The SMILES string of the molecule is COc1ccc(NS(=O)(=O)c2ccc3[nH]c(=O)c(=O)[nH]c3c2)c(OC)c1. The van der Waals surface area contributed by atoms with E-state index in [1.165, 1.54) is 38.5 Å². The molecule has 26 heavy (non-hydrogen) atoms. The number of rotatable bonds is 5. The van der Waals surface area contributed by atoms with Crippen molar-refractivity contribution in [1.29, 1.82) is 0 Å². The molecule has 2 aromatic carbocycles. The number of anilines is 1. The van der Waals surface area contributed by atoms with Gasteiger partial charge in [-0.25, -0.2) is 8.42 Å². The molecular formula is C16H15N3O6S. The molecule has 0 radical (unpaired) electrons. The van der Waals surface area contributed by atoms with Crippen molar-refractivity contribution in [3.63, 3.8) is 0 Å². The average Bonchev–Trinajstić information content (AvgIpc) is 2.62. The van der Waals surface area contributed by atoms with Gasteiger partial charge in [-0.1, -0.05) is 0 Å². The number of methoxy groups -OCH3 is 2. The standard InChI is InChI=1S/C16H15N3O6S/c1-24-9-3-5-12(14(7-9)25-2)19-26(22,23)10-4-6-11-13(8-10)18-16(21)15(20)17-11/h3-8,19H,1-2H3,(H,17,20)(H,18,21). The molecule has 0 aliphatic heterocycles. The summed E-state index contributed by atoms with van der Waals surface area (Å²) in [5, 5.41) is 0. The van der Waals surface area contributed by atoms with E-state index in [2.05, 4.69) is 14.7 Å². The fourth-order valence-electron chi connectivity index (χ4n) is 2.35. The molecule has 10 heteroatoms. The summed E-state index contributed by atoms with van der Waals surface area (Å²) in [4.78, 5) is 27.4. The monoisotopic (exact) mass is 377 g/mol. The molecule has 0 aliphatic carbocycles. The number of H-pyrrole nitrogens is 2. The molecule has 136 valence electrons. The zero-order valence-electron chi connectivity index (χ0n) is 13.8. The van der Waals surface area contributed by atoms with Crippen LogP contribution >= 0.6 is 0 Å². The summed E-state index contributed by atoms with van der Waals surface area (Å²) in [7, 11) is -1.07. The van der Waals surface area contributed by atoms with Gasteiger partial charge in [0.2, 0.25) is 0 Å². The molecule has 0 fully saturated rings. The highest BCUT2D eigenvalue weighted by Gasteiger charge is 2.18. The highest BCUT2D eigenvalue weighted by Crippen LogP contribution is 2.31. The maximum Gasteiger partial charge on any atom is 0.314 e. The minimum absolute atomic E-state index is 0.0921. The van der Waals surface area contributed by atoms with Crippen LogP contribution in [0.3, 0.4) is 0 Å². The highest BCUT2D eigenvalue weighted by atomic mass is 32.2. The van der Waals surface area contributed by atoms with E-state index in [0.29, 0.717) is 11.3 Å². The van der Waals surface area contributed by atoms with E-state index >= 15 is 0 Å². The van der Waals surface area contributed by atoms with Crippen LogP contribution in [-0.4, -0.2) is 32.6 Å². The molecule has 0 aliphatic rings. The lowest BCUT2D eigenvalue weighted by Crippen LogP contribution is -2.29. The Balaban J connectivity index is 2.03. The molecule has 0 atom stereocenters. The fourth-order valence-corrected chi connectivity index (χ4v) is 3.44. The Morgan fingerprint density at radius 2 is 1.58 bits per heavy atom. The number of aromatic amines is 2. The van der Waals surface area contributed by atoms with Crippen LogP contribution < -0.4 is 25.3 Å². The smallest absolute Gasteiger partial charge is 0.314 e. The van der Waals surface area contributed by atoms with Gasteiger partial charge in [-0.2, -0.15) is 0 Å². The average molecular weight is 377 g/mol. The molecule has 0 saturated carbocycles. The lowest BCUT2D eigenvalue weighted by Gasteiger charge is -2.13. The van der Waals surface area contributed by atoms with Crippen LogP contribution in [0.1, 0.15) is 0 Å². The van der Waals surface area contributed by atoms with Crippen molar-refractivity contribution in [3.05, 3.63) is 57.1 Å². The van der Waals surface area contributed by atoms with E-state index in [4.69, 9.17) is 9.47 Å². The van der Waals surface area contributed by atoms with Crippen LogP contribution in [0.25, 0.3) is 11.0 Å². The molecule has 9 nitrogen and oxygen atoms in total. The summed E-state index contributed by atoms with van der Waals surface area (Å²) in [6.45, 7) is 0. The second-order valence-electron chi connectivity index (χ2n) is 5.29. The van der Waals surface area contributed by atoms with Crippen LogP contribution in [-0.2, 0) is 10.0 Å². The largest absolute Gasteiger partial charge is 0.497 e. The van der Waals surface area contributed by atoms with Crippen LogP contribution in [0.15, 0.2) is 50.9 Å². The topological polar surface area (TPSA) is 130 Å². The molecule has 3 rings (SSSR count). The summed E-state index contributed by atoms with van der Waals surface area (Å²) in [6, 6.07) is 8.60. The number of hydrogen-bond acceptors (Lipinski definition) is 6. The normalized spacial score (nSPS) is 11.3. The summed E-state index contributed by atoms with van der Waals surface area (Å²) in [5.41, 5.74) is -0.941. The van der Waals surface area contributed by atoms with Gasteiger partial charge in [-0.15, -0.1) is 0 Å². The van der Waals surface area contributed by atoms with Gasteiger partial charge in [-0.3, -0.25) is 14.3 Å². The quantitative estimate of drug-likeness (QED) is 0.570. The number of aromatic nitrogens is 2. The Morgan fingerprint density at radius 1 is 0.885 bits per heavy atom. The second-order valence-corrected chi connectivity index (χ2v) is 6.97. The highest BCUT2D eigenvalue weighted by molar-refractivity contribution is 7.92.